The summed E-state index contributed by atoms with van der Waals surface area (Å²) >= 11 is 0. The van der Waals surface area contributed by atoms with E-state index in [2.05, 4.69) is 101 Å². The topological polar surface area (TPSA) is 0 Å². The molecule has 1 radical (unpaired) electrons. The quantitative estimate of drug-likeness (QED) is 0.284. The van der Waals surface area contributed by atoms with Crippen LogP contribution in [-0.2, 0) is 20.1 Å². The molecular formula is C29H26Ir-2. The van der Waals surface area contributed by atoms with Crippen LogP contribution in [0.15, 0.2) is 66.7 Å². The fourth-order valence-electron chi connectivity index (χ4n) is 5.00. The van der Waals surface area contributed by atoms with E-state index in [1.54, 1.807) is 0 Å². The fraction of sp³-hybridized carbons (Fsp3) is 0.241. The summed E-state index contributed by atoms with van der Waals surface area (Å²) < 4.78 is 0. The van der Waals surface area contributed by atoms with Crippen LogP contribution in [-0.4, -0.2) is 0 Å². The Morgan fingerprint density at radius 3 is 2.13 bits per heavy atom. The van der Waals surface area contributed by atoms with Crippen molar-refractivity contribution in [3.05, 3.63) is 107 Å². The first-order chi connectivity index (χ1) is 14.1. The number of hydrogen-bond donors (Lipinski definition) is 0. The van der Waals surface area contributed by atoms with Gasteiger partial charge in [-0.1, -0.05) is 92.8 Å². The van der Waals surface area contributed by atoms with Gasteiger partial charge in [0.15, 0.2) is 0 Å². The van der Waals surface area contributed by atoms with Crippen molar-refractivity contribution in [1.82, 2.24) is 0 Å². The average Bonchev–Trinajstić information content (AvgIpc) is 3.18. The zero-order valence-electron chi connectivity index (χ0n) is 17.9. The maximum Gasteiger partial charge on any atom is 0 e. The summed E-state index contributed by atoms with van der Waals surface area (Å²) in [5.41, 5.74) is 12.2. The summed E-state index contributed by atoms with van der Waals surface area (Å²) in [4.78, 5) is 0. The molecule has 0 saturated heterocycles. The van der Waals surface area contributed by atoms with Gasteiger partial charge in [0.2, 0.25) is 0 Å². The fourth-order valence-corrected chi connectivity index (χ4v) is 5.00. The standard InChI is InChI=1S/C29H26.Ir/c1-18(2)20-14-9-15-21(19(3)4)28(20)27-17-16-26-24-12-6-5-10-22(24)23-11-7-8-13-25(23)29(26)27;/h5-11,13-15,17-19,29H,1-4H3;/q-2;. The number of rotatable bonds is 3. The van der Waals surface area contributed by atoms with E-state index in [0.717, 1.165) is 0 Å². The zero-order chi connectivity index (χ0) is 20.1. The van der Waals surface area contributed by atoms with Crippen LogP contribution >= 0.6 is 0 Å². The summed E-state index contributed by atoms with van der Waals surface area (Å²) in [6.07, 6.45) is 5.91. The molecule has 5 rings (SSSR count). The van der Waals surface area contributed by atoms with Crippen LogP contribution in [0.4, 0.5) is 0 Å². The van der Waals surface area contributed by atoms with Crippen molar-refractivity contribution in [2.45, 2.75) is 45.4 Å². The Kier molecular flexibility index (Phi) is 5.71. The van der Waals surface area contributed by atoms with Gasteiger partial charge in [-0.2, -0.15) is 17.7 Å². The van der Waals surface area contributed by atoms with E-state index in [1.807, 2.05) is 6.07 Å². The maximum absolute atomic E-state index is 3.66. The van der Waals surface area contributed by atoms with E-state index in [4.69, 9.17) is 0 Å². The third kappa shape index (κ3) is 3.16. The molecule has 0 heterocycles. The minimum atomic E-state index is 0. The Morgan fingerprint density at radius 2 is 1.43 bits per heavy atom. The third-order valence-electron chi connectivity index (χ3n) is 6.33. The van der Waals surface area contributed by atoms with Gasteiger partial charge in [-0.15, -0.1) is 17.7 Å². The van der Waals surface area contributed by atoms with Gasteiger partial charge in [0, 0.05) is 20.1 Å². The van der Waals surface area contributed by atoms with Crippen LogP contribution in [0.3, 0.4) is 0 Å². The van der Waals surface area contributed by atoms with Crippen molar-refractivity contribution in [2.75, 3.05) is 0 Å². The van der Waals surface area contributed by atoms with Crippen LogP contribution in [0.2, 0.25) is 0 Å². The number of fused-ring (bicyclic) bond motifs is 6. The molecule has 2 aliphatic carbocycles. The second kappa shape index (κ2) is 8.14. The predicted octanol–water partition coefficient (Wildman–Crippen LogP) is 7.78. The molecule has 0 nitrogen and oxygen atoms in total. The van der Waals surface area contributed by atoms with E-state index < -0.39 is 0 Å². The van der Waals surface area contributed by atoms with Crippen molar-refractivity contribution in [1.29, 1.82) is 0 Å². The molecule has 1 unspecified atom stereocenters. The summed E-state index contributed by atoms with van der Waals surface area (Å²) in [7, 11) is 0. The zero-order valence-corrected chi connectivity index (χ0v) is 20.3. The first-order valence-electron chi connectivity index (χ1n) is 10.6. The molecule has 0 fully saturated rings. The van der Waals surface area contributed by atoms with E-state index in [0.29, 0.717) is 11.8 Å². The van der Waals surface area contributed by atoms with Gasteiger partial charge in [-0.3, -0.25) is 0 Å². The van der Waals surface area contributed by atoms with Gasteiger partial charge in [0.25, 0.3) is 0 Å². The molecule has 0 spiro atoms. The van der Waals surface area contributed by atoms with E-state index in [1.165, 1.54) is 50.1 Å². The van der Waals surface area contributed by atoms with Crippen molar-refractivity contribution in [3.63, 3.8) is 0 Å². The van der Waals surface area contributed by atoms with Crippen LogP contribution in [0, 0.1) is 12.1 Å². The Hall–Kier alpha value is -2.21. The molecular weight excluding hydrogens is 541 g/mol. The minimum absolute atomic E-state index is 0. The molecule has 0 saturated carbocycles. The molecule has 2 aliphatic rings. The summed E-state index contributed by atoms with van der Waals surface area (Å²) in [5.74, 6) is 1.19. The largest absolute Gasteiger partial charge is 0.240 e. The van der Waals surface area contributed by atoms with Gasteiger partial charge >= 0.3 is 0 Å². The Bertz CT molecular complexity index is 1130. The molecule has 3 aromatic rings. The second-order valence-corrected chi connectivity index (χ2v) is 8.76. The van der Waals surface area contributed by atoms with Crippen LogP contribution in [0.1, 0.15) is 73.3 Å². The molecule has 0 bridgehead atoms. The molecule has 0 N–H and O–H groups in total. The summed E-state index contributed by atoms with van der Waals surface area (Å²) in [6.45, 7) is 9.20. The molecule has 0 aromatic heterocycles. The number of hydrogen-bond acceptors (Lipinski definition) is 0. The van der Waals surface area contributed by atoms with Gasteiger partial charge in [-0.05, 0) is 23.0 Å². The Labute approximate surface area is 194 Å². The molecule has 3 aromatic carbocycles. The SMILES string of the molecule is CC(C)c1cccc(C(C)C)c1C1=C[C-]=C2c3[c-]cccc3-c3ccccc3C21.[Ir]. The molecule has 0 aliphatic heterocycles. The number of benzene rings is 3. The van der Waals surface area contributed by atoms with E-state index >= 15 is 0 Å². The van der Waals surface area contributed by atoms with Crippen molar-refractivity contribution >= 4 is 11.1 Å². The molecule has 153 valence electrons. The summed E-state index contributed by atoms with van der Waals surface area (Å²) in [6, 6.07) is 25.5. The van der Waals surface area contributed by atoms with Gasteiger partial charge < -0.3 is 0 Å². The molecule has 30 heavy (non-hydrogen) atoms. The van der Waals surface area contributed by atoms with E-state index in [-0.39, 0.29) is 26.0 Å². The second-order valence-electron chi connectivity index (χ2n) is 8.76. The van der Waals surface area contributed by atoms with Gasteiger partial charge in [0.05, 0.1) is 0 Å². The predicted molar refractivity (Wildman–Crippen MR) is 123 cm³/mol. The van der Waals surface area contributed by atoms with Crippen molar-refractivity contribution < 1.29 is 20.1 Å². The first-order valence-corrected chi connectivity index (χ1v) is 10.6. The minimum Gasteiger partial charge on any atom is -0.240 e. The van der Waals surface area contributed by atoms with Gasteiger partial charge in [-0.25, -0.2) is 23.3 Å². The van der Waals surface area contributed by atoms with Crippen LogP contribution in [0.5, 0.6) is 0 Å². The number of allylic oxidation sites excluding steroid dienone is 4. The Balaban J connectivity index is 0.00000218. The molecule has 1 heteroatoms. The monoisotopic (exact) mass is 567 g/mol. The van der Waals surface area contributed by atoms with Gasteiger partial charge in [0.1, 0.15) is 0 Å². The van der Waals surface area contributed by atoms with E-state index in [9.17, 15) is 0 Å². The van der Waals surface area contributed by atoms with Crippen LogP contribution < -0.4 is 0 Å². The smallest absolute Gasteiger partial charge is 0 e. The average molecular weight is 567 g/mol. The molecule has 0 amide bonds. The first kappa shape index (κ1) is 21.0. The normalized spacial score (nSPS) is 16.4. The van der Waals surface area contributed by atoms with Crippen molar-refractivity contribution in [2.24, 2.45) is 0 Å². The third-order valence-corrected chi connectivity index (χ3v) is 6.33. The van der Waals surface area contributed by atoms with Crippen molar-refractivity contribution in [3.8, 4) is 11.1 Å². The Morgan fingerprint density at radius 1 is 0.767 bits per heavy atom. The summed E-state index contributed by atoms with van der Waals surface area (Å²) in [5, 5.41) is 0. The molecule has 1 atom stereocenters. The van der Waals surface area contributed by atoms with Crippen LogP contribution in [0.25, 0.3) is 22.3 Å². The maximum atomic E-state index is 3.66.